The van der Waals surface area contributed by atoms with Crippen LogP contribution in [-0.4, -0.2) is 23.7 Å². The van der Waals surface area contributed by atoms with E-state index in [1.807, 2.05) is 24.3 Å². The highest BCUT2D eigenvalue weighted by Crippen LogP contribution is 2.38. The molecule has 0 bridgehead atoms. The molecule has 3 rings (SSSR count). The molecule has 0 radical (unpaired) electrons. The van der Waals surface area contributed by atoms with Gasteiger partial charge in [0.25, 0.3) is 0 Å². The third-order valence-corrected chi connectivity index (χ3v) is 5.18. The summed E-state index contributed by atoms with van der Waals surface area (Å²) in [4.78, 5) is 14.1. The molecule has 3 nitrogen and oxygen atoms in total. The largest absolute Gasteiger partial charge is 0.497 e. The first kappa shape index (κ1) is 15.9. The third kappa shape index (κ3) is 3.50. The third-order valence-electron chi connectivity index (χ3n) is 3.89. The van der Waals surface area contributed by atoms with Gasteiger partial charge in [-0.15, -0.1) is 11.8 Å². The van der Waals surface area contributed by atoms with Crippen LogP contribution in [0.2, 0.25) is 0 Å². The second-order valence-corrected chi connectivity index (χ2v) is 6.55. The highest BCUT2D eigenvalue weighted by atomic mass is 32.2. The first-order chi connectivity index (χ1) is 11.2. The summed E-state index contributed by atoms with van der Waals surface area (Å²) < 4.78 is 19.1. The maximum Gasteiger partial charge on any atom is 0.224 e. The van der Waals surface area contributed by atoms with Crippen LogP contribution in [0, 0.1) is 5.82 Å². The van der Waals surface area contributed by atoms with Gasteiger partial charge >= 0.3 is 0 Å². The summed E-state index contributed by atoms with van der Waals surface area (Å²) >= 11 is 1.71. The minimum absolute atomic E-state index is 0.0628. The summed E-state index contributed by atoms with van der Waals surface area (Å²) in [6, 6.07) is 14.3. The van der Waals surface area contributed by atoms with Gasteiger partial charge < -0.3 is 9.64 Å². The number of thioether (sulfide) groups is 1. The van der Waals surface area contributed by atoms with Gasteiger partial charge in [-0.1, -0.05) is 30.3 Å². The molecule has 23 heavy (non-hydrogen) atoms. The van der Waals surface area contributed by atoms with E-state index in [1.54, 1.807) is 42.0 Å². The van der Waals surface area contributed by atoms with Crippen molar-refractivity contribution in [2.45, 2.75) is 18.3 Å². The molecular formula is C18H18FNO2S. The van der Waals surface area contributed by atoms with Crippen molar-refractivity contribution < 1.29 is 13.9 Å². The first-order valence-electron chi connectivity index (χ1n) is 7.47. The molecule has 1 atom stereocenters. The number of hydrogen-bond donors (Lipinski definition) is 0. The highest BCUT2D eigenvalue weighted by molar-refractivity contribution is 7.99. The average molecular weight is 331 g/mol. The lowest BCUT2D eigenvalue weighted by molar-refractivity contribution is -0.132. The Labute approximate surface area is 139 Å². The van der Waals surface area contributed by atoms with Crippen LogP contribution in [-0.2, 0) is 11.3 Å². The van der Waals surface area contributed by atoms with E-state index >= 15 is 0 Å². The van der Waals surface area contributed by atoms with E-state index < -0.39 is 0 Å². The van der Waals surface area contributed by atoms with Crippen molar-refractivity contribution in [2.24, 2.45) is 0 Å². The Hall–Kier alpha value is -2.01. The van der Waals surface area contributed by atoms with Gasteiger partial charge in [0.05, 0.1) is 7.11 Å². The molecule has 0 N–H and O–H groups in total. The molecule has 1 heterocycles. The van der Waals surface area contributed by atoms with Crippen LogP contribution in [0.3, 0.4) is 0 Å². The Morgan fingerprint density at radius 2 is 1.96 bits per heavy atom. The summed E-state index contributed by atoms with van der Waals surface area (Å²) in [5.41, 5.74) is 1.57. The number of amides is 1. The molecule has 1 aliphatic rings. The van der Waals surface area contributed by atoms with Gasteiger partial charge in [0, 0.05) is 24.3 Å². The fourth-order valence-corrected chi connectivity index (χ4v) is 3.89. The Balaban J connectivity index is 1.87. The second kappa shape index (κ2) is 7.04. The van der Waals surface area contributed by atoms with Crippen LogP contribution in [0.25, 0.3) is 0 Å². The minimum atomic E-state index is -0.274. The topological polar surface area (TPSA) is 29.5 Å². The van der Waals surface area contributed by atoms with Gasteiger partial charge in [-0.25, -0.2) is 4.39 Å². The smallest absolute Gasteiger partial charge is 0.224 e. The van der Waals surface area contributed by atoms with Crippen LogP contribution in [0.1, 0.15) is 22.9 Å². The number of benzene rings is 2. The SMILES string of the molecule is COc1ccc(C2SCCC(=O)N2Cc2ccccc2F)cc1. The Morgan fingerprint density at radius 1 is 1.22 bits per heavy atom. The van der Waals surface area contributed by atoms with Crippen LogP contribution < -0.4 is 4.74 Å². The summed E-state index contributed by atoms with van der Waals surface area (Å²) in [6.45, 7) is 0.287. The first-order valence-corrected chi connectivity index (χ1v) is 8.52. The normalized spacial score (nSPS) is 18.1. The molecule has 2 aromatic carbocycles. The number of hydrogen-bond acceptors (Lipinski definition) is 3. The fraction of sp³-hybridized carbons (Fsp3) is 0.278. The Kier molecular flexibility index (Phi) is 4.86. The summed E-state index contributed by atoms with van der Waals surface area (Å²) in [6.07, 6.45) is 0.492. The van der Waals surface area contributed by atoms with Gasteiger partial charge in [-0.3, -0.25) is 4.79 Å². The Morgan fingerprint density at radius 3 is 2.65 bits per heavy atom. The summed E-state index contributed by atoms with van der Waals surface area (Å²) in [5.74, 6) is 1.35. The lowest BCUT2D eigenvalue weighted by Gasteiger charge is -2.35. The standard InChI is InChI=1S/C18H18FNO2S/c1-22-15-8-6-13(7-9-15)18-20(17(21)10-11-23-18)12-14-4-2-3-5-16(14)19/h2-9,18H,10-12H2,1H3. The van der Waals surface area contributed by atoms with Crippen molar-refractivity contribution in [3.8, 4) is 5.75 Å². The van der Waals surface area contributed by atoms with E-state index in [2.05, 4.69) is 0 Å². The maximum absolute atomic E-state index is 13.9. The van der Waals surface area contributed by atoms with E-state index in [0.717, 1.165) is 17.1 Å². The molecule has 0 aliphatic carbocycles. The van der Waals surface area contributed by atoms with Crippen molar-refractivity contribution in [1.29, 1.82) is 0 Å². The van der Waals surface area contributed by atoms with Crippen LogP contribution in [0.5, 0.6) is 5.75 Å². The van der Waals surface area contributed by atoms with E-state index in [9.17, 15) is 9.18 Å². The maximum atomic E-state index is 13.9. The van der Waals surface area contributed by atoms with Gasteiger partial charge in [0.2, 0.25) is 5.91 Å². The lowest BCUT2D eigenvalue weighted by Crippen LogP contribution is -2.36. The predicted molar refractivity (Wildman–Crippen MR) is 89.8 cm³/mol. The molecular weight excluding hydrogens is 313 g/mol. The Bertz CT molecular complexity index is 690. The summed E-state index contributed by atoms with van der Waals surface area (Å²) in [7, 11) is 1.62. The van der Waals surface area contributed by atoms with Crippen LogP contribution in [0.15, 0.2) is 48.5 Å². The van der Waals surface area contributed by atoms with Crippen molar-refractivity contribution in [3.05, 3.63) is 65.5 Å². The van der Waals surface area contributed by atoms with Gasteiger partial charge in [0.15, 0.2) is 0 Å². The lowest BCUT2D eigenvalue weighted by atomic mass is 10.1. The zero-order valence-corrected chi connectivity index (χ0v) is 13.7. The van der Waals surface area contributed by atoms with Gasteiger partial charge in [-0.2, -0.15) is 0 Å². The van der Waals surface area contributed by atoms with E-state index in [4.69, 9.17) is 4.74 Å². The van der Waals surface area contributed by atoms with Crippen LogP contribution >= 0.6 is 11.8 Å². The molecule has 0 aromatic heterocycles. The zero-order valence-electron chi connectivity index (χ0n) is 12.9. The molecule has 2 aromatic rings. The van der Waals surface area contributed by atoms with Crippen molar-refractivity contribution in [1.82, 2.24) is 4.90 Å². The van der Waals surface area contributed by atoms with Crippen molar-refractivity contribution in [3.63, 3.8) is 0 Å². The van der Waals surface area contributed by atoms with Crippen molar-refractivity contribution in [2.75, 3.05) is 12.9 Å². The quantitative estimate of drug-likeness (QED) is 0.848. The van der Waals surface area contributed by atoms with Gasteiger partial charge in [0.1, 0.15) is 16.9 Å². The van der Waals surface area contributed by atoms with Crippen LogP contribution in [0.4, 0.5) is 4.39 Å². The number of methoxy groups -OCH3 is 1. The molecule has 1 unspecified atom stereocenters. The fourth-order valence-electron chi connectivity index (χ4n) is 2.65. The number of rotatable bonds is 4. The molecule has 1 aliphatic heterocycles. The number of ether oxygens (including phenoxy) is 1. The number of nitrogens with zero attached hydrogens (tertiary/aromatic N) is 1. The van der Waals surface area contributed by atoms with E-state index in [0.29, 0.717) is 12.0 Å². The molecule has 0 spiro atoms. The molecule has 120 valence electrons. The monoisotopic (exact) mass is 331 g/mol. The minimum Gasteiger partial charge on any atom is -0.497 e. The number of halogens is 1. The summed E-state index contributed by atoms with van der Waals surface area (Å²) in [5, 5.41) is -0.0956. The molecule has 1 fully saturated rings. The molecule has 1 saturated heterocycles. The molecule has 5 heteroatoms. The molecule has 0 saturated carbocycles. The van der Waals surface area contributed by atoms with Crippen molar-refractivity contribution >= 4 is 17.7 Å². The van der Waals surface area contributed by atoms with E-state index in [1.165, 1.54) is 6.07 Å². The van der Waals surface area contributed by atoms with Gasteiger partial charge in [-0.05, 0) is 23.8 Å². The van der Waals surface area contributed by atoms with E-state index in [-0.39, 0.29) is 23.6 Å². The average Bonchev–Trinajstić information content (AvgIpc) is 2.58. The highest BCUT2D eigenvalue weighted by Gasteiger charge is 2.30. The number of carbonyl (C=O) groups is 1. The second-order valence-electron chi connectivity index (χ2n) is 5.36. The number of carbonyl (C=O) groups excluding carboxylic acids is 1. The molecule has 1 amide bonds. The predicted octanol–water partition coefficient (Wildman–Crippen LogP) is 4.00. The zero-order chi connectivity index (χ0) is 16.2.